The number of benzene rings is 1. The Bertz CT molecular complexity index is 1070. The van der Waals surface area contributed by atoms with Gasteiger partial charge in [-0.15, -0.1) is 0 Å². The van der Waals surface area contributed by atoms with Gasteiger partial charge in [0.1, 0.15) is 11.1 Å². The molecule has 4 rings (SSSR count). The molecule has 0 aliphatic heterocycles. The van der Waals surface area contributed by atoms with E-state index in [1.807, 2.05) is 42.9 Å². The Morgan fingerprint density at radius 1 is 1.30 bits per heavy atom. The zero-order chi connectivity index (χ0) is 19.0. The van der Waals surface area contributed by atoms with Crippen LogP contribution in [0.1, 0.15) is 29.5 Å². The Kier molecular flexibility index (Phi) is 4.54. The summed E-state index contributed by atoms with van der Waals surface area (Å²) in [6, 6.07) is 5.93. The van der Waals surface area contributed by atoms with Crippen molar-refractivity contribution >= 4 is 28.7 Å². The van der Waals surface area contributed by atoms with E-state index in [2.05, 4.69) is 15.1 Å². The highest BCUT2D eigenvalue weighted by atomic mass is 35.5. The average molecular weight is 380 g/mol. The number of aromatic nitrogens is 4. The lowest BCUT2D eigenvalue weighted by atomic mass is 10.1. The molecule has 27 heavy (non-hydrogen) atoms. The van der Waals surface area contributed by atoms with Crippen LogP contribution < -0.4 is 4.74 Å². The standard InChI is InChI=1S/C20H18ClN5O/c1-12-8-15(4-3-7-22)9-13(2)17(12)27-19-16-11-26(10-14-5-6-14)25-18(16)23-20(21)24-19/h3-4,8-9,11,14H,5-6,10H2,1-2H3/b4-3+. The van der Waals surface area contributed by atoms with Gasteiger partial charge in [0.25, 0.3) is 0 Å². The summed E-state index contributed by atoms with van der Waals surface area (Å²) in [6.45, 7) is 4.80. The highest BCUT2D eigenvalue weighted by molar-refractivity contribution is 6.28. The van der Waals surface area contributed by atoms with Gasteiger partial charge in [0.2, 0.25) is 11.2 Å². The highest BCUT2D eigenvalue weighted by Crippen LogP contribution is 2.34. The lowest BCUT2D eigenvalue weighted by Gasteiger charge is -2.12. The second-order valence-corrected chi connectivity index (χ2v) is 7.22. The van der Waals surface area contributed by atoms with E-state index < -0.39 is 0 Å². The number of hydrogen-bond donors (Lipinski definition) is 0. The first-order valence-corrected chi connectivity index (χ1v) is 9.17. The second kappa shape index (κ2) is 7.01. The summed E-state index contributed by atoms with van der Waals surface area (Å²) < 4.78 is 8.05. The molecule has 0 N–H and O–H groups in total. The van der Waals surface area contributed by atoms with E-state index in [4.69, 9.17) is 21.6 Å². The fourth-order valence-corrected chi connectivity index (χ4v) is 3.27. The number of nitrogens with zero attached hydrogens (tertiary/aromatic N) is 5. The highest BCUT2D eigenvalue weighted by Gasteiger charge is 2.23. The van der Waals surface area contributed by atoms with E-state index in [9.17, 15) is 0 Å². The SMILES string of the molecule is Cc1cc(/C=C/C#N)cc(C)c1Oc1nc(Cl)nc2nn(CC3CC3)cc12. The van der Waals surface area contributed by atoms with Crippen LogP contribution in [0.2, 0.25) is 5.28 Å². The minimum Gasteiger partial charge on any atom is -0.438 e. The van der Waals surface area contributed by atoms with Crippen molar-refractivity contribution in [2.24, 2.45) is 5.92 Å². The van der Waals surface area contributed by atoms with E-state index in [0.29, 0.717) is 17.4 Å². The summed E-state index contributed by atoms with van der Waals surface area (Å²) in [6.07, 6.45) is 7.64. The zero-order valence-corrected chi connectivity index (χ0v) is 15.9. The molecule has 0 atom stereocenters. The van der Waals surface area contributed by atoms with Gasteiger partial charge in [-0.25, -0.2) is 0 Å². The van der Waals surface area contributed by atoms with E-state index in [0.717, 1.165) is 34.4 Å². The summed E-state index contributed by atoms with van der Waals surface area (Å²) in [5.74, 6) is 1.82. The van der Waals surface area contributed by atoms with Crippen molar-refractivity contribution in [2.45, 2.75) is 33.2 Å². The molecule has 0 radical (unpaired) electrons. The molecule has 1 fully saturated rings. The van der Waals surface area contributed by atoms with Crippen LogP contribution >= 0.6 is 11.6 Å². The van der Waals surface area contributed by atoms with Crippen LogP contribution in [0.25, 0.3) is 17.1 Å². The summed E-state index contributed by atoms with van der Waals surface area (Å²) in [5.41, 5.74) is 3.37. The Hall–Kier alpha value is -2.91. The number of rotatable bonds is 5. The van der Waals surface area contributed by atoms with Crippen molar-refractivity contribution in [1.29, 1.82) is 5.26 Å². The molecule has 0 spiro atoms. The largest absolute Gasteiger partial charge is 0.438 e. The van der Waals surface area contributed by atoms with E-state index in [1.54, 1.807) is 6.08 Å². The van der Waals surface area contributed by atoms with Gasteiger partial charge in [-0.1, -0.05) is 0 Å². The van der Waals surface area contributed by atoms with Gasteiger partial charge in [-0.2, -0.15) is 20.3 Å². The molecule has 0 unspecified atom stereocenters. The molecule has 3 aromatic rings. The molecular formula is C20H18ClN5O. The normalized spacial score (nSPS) is 14.0. The molecule has 2 aromatic heterocycles. The number of nitriles is 1. The van der Waals surface area contributed by atoms with Gasteiger partial charge in [0.15, 0.2) is 5.65 Å². The average Bonchev–Trinajstić information content (AvgIpc) is 3.33. The van der Waals surface area contributed by atoms with E-state index in [1.165, 1.54) is 18.9 Å². The van der Waals surface area contributed by atoms with Crippen molar-refractivity contribution < 1.29 is 4.74 Å². The van der Waals surface area contributed by atoms with Crippen LogP contribution in [0.5, 0.6) is 11.6 Å². The predicted octanol–water partition coefficient (Wildman–Crippen LogP) is 4.84. The molecule has 0 amide bonds. The predicted molar refractivity (Wildman–Crippen MR) is 104 cm³/mol. The van der Waals surface area contributed by atoms with Gasteiger partial charge >= 0.3 is 0 Å². The first kappa shape index (κ1) is 17.5. The number of fused-ring (bicyclic) bond motifs is 1. The Morgan fingerprint density at radius 2 is 2.04 bits per heavy atom. The van der Waals surface area contributed by atoms with Crippen molar-refractivity contribution in [3.8, 4) is 17.7 Å². The molecular weight excluding hydrogens is 362 g/mol. The lowest BCUT2D eigenvalue weighted by molar-refractivity contribution is 0.461. The number of hydrogen-bond acceptors (Lipinski definition) is 5. The quantitative estimate of drug-likeness (QED) is 0.468. The zero-order valence-electron chi connectivity index (χ0n) is 15.1. The van der Waals surface area contributed by atoms with Crippen molar-refractivity contribution in [1.82, 2.24) is 19.7 Å². The fourth-order valence-electron chi connectivity index (χ4n) is 3.11. The second-order valence-electron chi connectivity index (χ2n) is 6.88. The van der Waals surface area contributed by atoms with Gasteiger partial charge in [0.05, 0.1) is 6.07 Å². The van der Waals surface area contributed by atoms with Crippen LogP contribution in [0.3, 0.4) is 0 Å². The maximum Gasteiger partial charge on any atom is 0.234 e. The van der Waals surface area contributed by atoms with Gasteiger partial charge in [0, 0.05) is 18.8 Å². The maximum atomic E-state index is 8.71. The molecule has 1 aliphatic rings. The minimum atomic E-state index is 0.109. The molecule has 7 heteroatoms. The van der Waals surface area contributed by atoms with Crippen molar-refractivity contribution in [2.75, 3.05) is 0 Å². The fraction of sp³-hybridized carbons (Fsp3) is 0.300. The minimum absolute atomic E-state index is 0.109. The van der Waals surface area contributed by atoms with Gasteiger partial charge < -0.3 is 4.74 Å². The molecule has 0 bridgehead atoms. The molecule has 2 heterocycles. The molecule has 1 aromatic carbocycles. The third kappa shape index (κ3) is 3.79. The van der Waals surface area contributed by atoms with Crippen molar-refractivity contribution in [3.05, 3.63) is 46.4 Å². The smallest absolute Gasteiger partial charge is 0.234 e. The van der Waals surface area contributed by atoms with E-state index >= 15 is 0 Å². The Labute approximate surface area is 162 Å². The van der Waals surface area contributed by atoms with E-state index in [-0.39, 0.29) is 5.28 Å². The molecule has 6 nitrogen and oxygen atoms in total. The van der Waals surface area contributed by atoms with Crippen LogP contribution in [-0.2, 0) is 6.54 Å². The first-order valence-electron chi connectivity index (χ1n) is 8.79. The van der Waals surface area contributed by atoms with Crippen LogP contribution in [0.4, 0.5) is 0 Å². The van der Waals surface area contributed by atoms with Crippen molar-refractivity contribution in [3.63, 3.8) is 0 Å². The molecule has 0 saturated heterocycles. The van der Waals surface area contributed by atoms with Crippen LogP contribution in [-0.4, -0.2) is 19.7 Å². The van der Waals surface area contributed by atoms with Gasteiger partial charge in [-0.3, -0.25) is 4.68 Å². The van der Waals surface area contributed by atoms with Crippen LogP contribution in [0.15, 0.2) is 24.4 Å². The Balaban J connectivity index is 1.71. The summed E-state index contributed by atoms with van der Waals surface area (Å²) in [5, 5.41) is 14.1. The number of allylic oxidation sites excluding steroid dienone is 1. The molecule has 1 aliphatic carbocycles. The number of aryl methyl sites for hydroxylation is 2. The van der Waals surface area contributed by atoms with Gasteiger partial charge in [-0.05, 0) is 79.1 Å². The molecule has 1 saturated carbocycles. The molecule has 136 valence electrons. The summed E-state index contributed by atoms with van der Waals surface area (Å²) in [7, 11) is 0. The third-order valence-electron chi connectivity index (χ3n) is 4.54. The monoisotopic (exact) mass is 379 g/mol. The lowest BCUT2D eigenvalue weighted by Crippen LogP contribution is -1.99. The maximum absolute atomic E-state index is 8.71. The number of ether oxygens (including phenoxy) is 1. The summed E-state index contributed by atoms with van der Waals surface area (Å²) >= 11 is 6.09. The third-order valence-corrected chi connectivity index (χ3v) is 4.71. The first-order chi connectivity index (χ1) is 13.0. The summed E-state index contributed by atoms with van der Waals surface area (Å²) in [4.78, 5) is 8.50. The topological polar surface area (TPSA) is 76.6 Å². The van der Waals surface area contributed by atoms with Crippen LogP contribution in [0, 0.1) is 31.1 Å². The Morgan fingerprint density at radius 3 is 2.70 bits per heavy atom. The number of halogens is 1.